The van der Waals surface area contributed by atoms with E-state index in [1.54, 1.807) is 4.90 Å². The van der Waals surface area contributed by atoms with Gasteiger partial charge >= 0.3 is 5.97 Å². The molecule has 0 saturated carbocycles. The van der Waals surface area contributed by atoms with Crippen molar-refractivity contribution in [1.29, 1.82) is 0 Å². The lowest BCUT2D eigenvalue weighted by atomic mass is 10.1. The van der Waals surface area contributed by atoms with Gasteiger partial charge in [-0.25, -0.2) is 4.68 Å². The molecular formula is C19H23N3O3. The minimum atomic E-state index is -0.397. The highest BCUT2D eigenvalue weighted by Gasteiger charge is 2.21. The van der Waals surface area contributed by atoms with Crippen LogP contribution in [0, 0.1) is 13.8 Å². The van der Waals surface area contributed by atoms with Gasteiger partial charge in [0, 0.05) is 24.3 Å². The monoisotopic (exact) mass is 341 g/mol. The molecule has 0 aliphatic carbocycles. The standard InChI is InChI=1S/C19H23N3O3/c1-14-17(15(2)22(20-14)16-8-4-3-5-9-16)12-19(24)25-13-18(23)21-10-6-7-11-21/h3-5,8-9H,6-7,10-13H2,1-2H3. The third-order valence-electron chi connectivity index (χ3n) is 4.58. The summed E-state index contributed by atoms with van der Waals surface area (Å²) in [6.45, 7) is 5.16. The fourth-order valence-electron chi connectivity index (χ4n) is 3.15. The van der Waals surface area contributed by atoms with Gasteiger partial charge in [-0.1, -0.05) is 18.2 Å². The van der Waals surface area contributed by atoms with Crippen LogP contribution >= 0.6 is 0 Å². The molecule has 0 N–H and O–H groups in total. The van der Waals surface area contributed by atoms with Crippen LogP contribution < -0.4 is 0 Å². The minimum absolute atomic E-state index is 0.112. The first-order valence-electron chi connectivity index (χ1n) is 8.60. The Hall–Kier alpha value is -2.63. The Kier molecular flexibility index (Phi) is 5.16. The number of hydrogen-bond donors (Lipinski definition) is 0. The highest BCUT2D eigenvalue weighted by Crippen LogP contribution is 2.18. The van der Waals surface area contributed by atoms with Gasteiger partial charge < -0.3 is 9.64 Å². The van der Waals surface area contributed by atoms with E-state index in [-0.39, 0.29) is 18.9 Å². The van der Waals surface area contributed by atoms with E-state index in [0.717, 1.165) is 48.6 Å². The van der Waals surface area contributed by atoms with Gasteiger partial charge in [0.05, 0.1) is 17.8 Å². The highest BCUT2D eigenvalue weighted by molar-refractivity contribution is 5.81. The predicted molar refractivity (Wildman–Crippen MR) is 93.5 cm³/mol. The number of rotatable bonds is 5. The van der Waals surface area contributed by atoms with E-state index in [9.17, 15) is 9.59 Å². The summed E-state index contributed by atoms with van der Waals surface area (Å²) >= 11 is 0. The van der Waals surface area contributed by atoms with E-state index in [4.69, 9.17) is 4.74 Å². The smallest absolute Gasteiger partial charge is 0.310 e. The Morgan fingerprint density at radius 2 is 1.80 bits per heavy atom. The van der Waals surface area contributed by atoms with Gasteiger partial charge in [0.25, 0.3) is 5.91 Å². The lowest BCUT2D eigenvalue weighted by Gasteiger charge is -2.14. The largest absolute Gasteiger partial charge is 0.455 e. The van der Waals surface area contributed by atoms with Crippen molar-refractivity contribution < 1.29 is 14.3 Å². The first-order valence-corrected chi connectivity index (χ1v) is 8.60. The quantitative estimate of drug-likeness (QED) is 0.782. The fraction of sp³-hybridized carbons (Fsp3) is 0.421. The summed E-state index contributed by atoms with van der Waals surface area (Å²) in [7, 11) is 0. The molecule has 6 nitrogen and oxygen atoms in total. The number of hydrogen-bond acceptors (Lipinski definition) is 4. The molecule has 132 valence electrons. The molecule has 0 spiro atoms. The van der Waals surface area contributed by atoms with Crippen LogP contribution in [0.15, 0.2) is 30.3 Å². The summed E-state index contributed by atoms with van der Waals surface area (Å²) in [5.41, 5.74) is 3.50. The topological polar surface area (TPSA) is 64.4 Å². The molecule has 1 aromatic carbocycles. The lowest BCUT2D eigenvalue weighted by Crippen LogP contribution is -2.32. The number of aryl methyl sites for hydroxylation is 1. The van der Waals surface area contributed by atoms with Crippen molar-refractivity contribution >= 4 is 11.9 Å². The molecule has 1 aromatic heterocycles. The van der Waals surface area contributed by atoms with Gasteiger partial charge in [-0.05, 0) is 38.8 Å². The summed E-state index contributed by atoms with van der Waals surface area (Å²) in [4.78, 5) is 25.9. The van der Waals surface area contributed by atoms with Crippen LogP contribution in [-0.2, 0) is 20.7 Å². The molecule has 3 rings (SSSR count). The van der Waals surface area contributed by atoms with Gasteiger partial charge in [-0.3, -0.25) is 9.59 Å². The van der Waals surface area contributed by atoms with E-state index in [2.05, 4.69) is 5.10 Å². The zero-order chi connectivity index (χ0) is 17.8. The third kappa shape index (κ3) is 3.90. The molecule has 2 aromatic rings. The lowest BCUT2D eigenvalue weighted by molar-refractivity contribution is -0.151. The minimum Gasteiger partial charge on any atom is -0.455 e. The average Bonchev–Trinajstić information content (AvgIpc) is 3.25. The van der Waals surface area contributed by atoms with Crippen molar-refractivity contribution in [1.82, 2.24) is 14.7 Å². The number of carbonyl (C=O) groups excluding carboxylic acids is 2. The van der Waals surface area contributed by atoms with Crippen LogP contribution in [0.3, 0.4) is 0 Å². The Bertz CT molecular complexity index is 762. The highest BCUT2D eigenvalue weighted by atomic mass is 16.5. The van der Waals surface area contributed by atoms with E-state index in [1.165, 1.54) is 0 Å². The molecule has 0 radical (unpaired) electrons. The molecule has 1 aliphatic heterocycles. The van der Waals surface area contributed by atoms with Crippen LogP contribution in [0.2, 0.25) is 0 Å². The van der Waals surface area contributed by atoms with E-state index in [0.29, 0.717) is 0 Å². The van der Waals surface area contributed by atoms with Crippen molar-refractivity contribution in [2.45, 2.75) is 33.1 Å². The van der Waals surface area contributed by atoms with E-state index in [1.807, 2.05) is 48.9 Å². The van der Waals surface area contributed by atoms with Crippen molar-refractivity contribution in [2.24, 2.45) is 0 Å². The maximum absolute atomic E-state index is 12.2. The molecule has 1 fully saturated rings. The van der Waals surface area contributed by atoms with Crippen LogP contribution in [-0.4, -0.2) is 46.3 Å². The van der Waals surface area contributed by atoms with Gasteiger partial charge in [0.1, 0.15) is 0 Å². The van der Waals surface area contributed by atoms with E-state index < -0.39 is 5.97 Å². The molecule has 6 heteroatoms. The van der Waals surface area contributed by atoms with Crippen LogP contribution in [0.4, 0.5) is 0 Å². The summed E-state index contributed by atoms with van der Waals surface area (Å²) in [5, 5.41) is 4.53. The normalized spacial score (nSPS) is 13.9. The molecule has 2 heterocycles. The number of carbonyl (C=O) groups is 2. The summed E-state index contributed by atoms with van der Waals surface area (Å²) in [6.07, 6.45) is 2.17. The number of aromatic nitrogens is 2. The number of para-hydroxylation sites is 1. The SMILES string of the molecule is Cc1nn(-c2ccccc2)c(C)c1CC(=O)OCC(=O)N1CCCC1. The summed E-state index contributed by atoms with van der Waals surface area (Å²) in [6, 6.07) is 9.78. The number of benzene rings is 1. The Balaban J connectivity index is 1.63. The Morgan fingerprint density at radius 1 is 1.12 bits per heavy atom. The molecule has 1 aliphatic rings. The van der Waals surface area contributed by atoms with Crippen molar-refractivity contribution in [3.63, 3.8) is 0 Å². The molecule has 1 amide bonds. The molecule has 1 saturated heterocycles. The second-order valence-corrected chi connectivity index (χ2v) is 6.32. The third-order valence-corrected chi connectivity index (χ3v) is 4.58. The Morgan fingerprint density at radius 3 is 2.48 bits per heavy atom. The molecule has 25 heavy (non-hydrogen) atoms. The Labute approximate surface area is 147 Å². The first kappa shape index (κ1) is 17.2. The van der Waals surface area contributed by atoms with Crippen molar-refractivity contribution in [3.8, 4) is 5.69 Å². The number of amides is 1. The number of ether oxygens (including phenoxy) is 1. The maximum atomic E-state index is 12.2. The zero-order valence-corrected chi connectivity index (χ0v) is 14.7. The number of likely N-dealkylation sites (tertiary alicyclic amines) is 1. The second-order valence-electron chi connectivity index (χ2n) is 6.32. The number of esters is 1. The zero-order valence-electron chi connectivity index (χ0n) is 14.7. The summed E-state index contributed by atoms with van der Waals surface area (Å²) < 4.78 is 7.00. The molecule has 0 atom stereocenters. The molecule has 0 bridgehead atoms. The van der Waals surface area contributed by atoms with Crippen LogP contribution in [0.25, 0.3) is 5.69 Å². The van der Waals surface area contributed by atoms with Crippen molar-refractivity contribution in [2.75, 3.05) is 19.7 Å². The predicted octanol–water partition coefficient (Wildman–Crippen LogP) is 2.20. The molecular weight excluding hydrogens is 318 g/mol. The second kappa shape index (κ2) is 7.51. The van der Waals surface area contributed by atoms with Gasteiger partial charge in [0.15, 0.2) is 6.61 Å². The fourth-order valence-corrected chi connectivity index (χ4v) is 3.15. The van der Waals surface area contributed by atoms with E-state index >= 15 is 0 Å². The van der Waals surface area contributed by atoms with Crippen LogP contribution in [0.5, 0.6) is 0 Å². The van der Waals surface area contributed by atoms with Gasteiger partial charge in [0.2, 0.25) is 0 Å². The molecule has 0 unspecified atom stereocenters. The van der Waals surface area contributed by atoms with Crippen molar-refractivity contribution in [3.05, 3.63) is 47.3 Å². The average molecular weight is 341 g/mol. The van der Waals surface area contributed by atoms with Gasteiger partial charge in [-0.15, -0.1) is 0 Å². The summed E-state index contributed by atoms with van der Waals surface area (Å²) in [5.74, 6) is -0.509. The van der Waals surface area contributed by atoms with Gasteiger partial charge in [-0.2, -0.15) is 5.10 Å². The maximum Gasteiger partial charge on any atom is 0.310 e. The first-order chi connectivity index (χ1) is 12.1. The number of nitrogens with zero attached hydrogens (tertiary/aromatic N) is 3. The van der Waals surface area contributed by atoms with Crippen LogP contribution in [0.1, 0.15) is 29.8 Å².